The summed E-state index contributed by atoms with van der Waals surface area (Å²) in [5.74, 6) is -0.518. The van der Waals surface area contributed by atoms with Crippen LogP contribution in [-0.4, -0.2) is 47.2 Å². The van der Waals surface area contributed by atoms with Crippen LogP contribution in [0.3, 0.4) is 0 Å². The smallest absolute Gasteiger partial charge is 0.417 e. The number of aromatic nitrogens is 2. The van der Waals surface area contributed by atoms with Crippen LogP contribution in [0.5, 0.6) is 0 Å². The van der Waals surface area contributed by atoms with Crippen molar-refractivity contribution in [3.63, 3.8) is 0 Å². The molecule has 0 bridgehead atoms. The van der Waals surface area contributed by atoms with E-state index in [-0.39, 0.29) is 23.6 Å². The van der Waals surface area contributed by atoms with Crippen LogP contribution in [0.15, 0.2) is 53.4 Å². The second-order valence-corrected chi connectivity index (χ2v) is 8.24. The number of sulfonamides is 1. The number of benzene rings is 2. The van der Waals surface area contributed by atoms with Crippen LogP contribution >= 0.6 is 11.7 Å². The van der Waals surface area contributed by atoms with Crippen LogP contribution in [0.4, 0.5) is 4.79 Å². The third-order valence-corrected chi connectivity index (χ3v) is 6.29. The van der Waals surface area contributed by atoms with Gasteiger partial charge in [0.15, 0.2) is 6.61 Å². The van der Waals surface area contributed by atoms with Crippen molar-refractivity contribution in [3.05, 3.63) is 54.1 Å². The molecule has 4 rings (SSSR count). The zero-order valence-corrected chi connectivity index (χ0v) is 15.9. The number of ether oxygens (including phenoxy) is 1. The molecule has 1 aliphatic rings. The molecule has 0 spiro atoms. The number of imide groups is 1. The SMILES string of the molecule is O=C1COC(=O)N1C[C@@H](NS(=O)(=O)c1cccc2nsnc12)c1ccccc1. The van der Waals surface area contributed by atoms with E-state index in [4.69, 9.17) is 4.74 Å². The van der Waals surface area contributed by atoms with Gasteiger partial charge < -0.3 is 4.74 Å². The fourth-order valence-corrected chi connectivity index (χ4v) is 4.87. The summed E-state index contributed by atoms with van der Waals surface area (Å²) in [5.41, 5.74) is 1.34. The van der Waals surface area contributed by atoms with Crippen molar-refractivity contribution in [2.45, 2.75) is 10.9 Å². The molecule has 28 heavy (non-hydrogen) atoms. The van der Waals surface area contributed by atoms with Gasteiger partial charge in [-0.25, -0.2) is 22.8 Å². The topological polar surface area (TPSA) is 119 Å². The monoisotopic (exact) mass is 418 g/mol. The van der Waals surface area contributed by atoms with E-state index in [1.54, 1.807) is 42.5 Å². The largest absolute Gasteiger partial charge is 0.439 e. The maximum Gasteiger partial charge on any atom is 0.417 e. The summed E-state index contributed by atoms with van der Waals surface area (Å²) in [4.78, 5) is 24.6. The Morgan fingerprint density at radius 2 is 1.89 bits per heavy atom. The fraction of sp³-hybridized carbons (Fsp3) is 0.176. The Bertz CT molecular complexity index is 1130. The summed E-state index contributed by atoms with van der Waals surface area (Å²) in [6, 6.07) is 12.5. The summed E-state index contributed by atoms with van der Waals surface area (Å²) in [7, 11) is -4.02. The van der Waals surface area contributed by atoms with Gasteiger partial charge in [-0.05, 0) is 17.7 Å². The van der Waals surface area contributed by atoms with Gasteiger partial charge in [0.1, 0.15) is 15.9 Å². The highest BCUT2D eigenvalue weighted by molar-refractivity contribution is 7.89. The van der Waals surface area contributed by atoms with E-state index >= 15 is 0 Å². The van der Waals surface area contributed by atoms with Crippen LogP contribution in [0.1, 0.15) is 11.6 Å². The minimum atomic E-state index is -4.02. The number of fused-ring (bicyclic) bond motifs is 1. The molecule has 11 heteroatoms. The van der Waals surface area contributed by atoms with Gasteiger partial charge in [-0.15, -0.1) is 0 Å². The molecule has 1 fully saturated rings. The molecule has 9 nitrogen and oxygen atoms in total. The highest BCUT2D eigenvalue weighted by atomic mass is 32.2. The first-order valence-corrected chi connectivity index (χ1v) is 10.4. The average Bonchev–Trinajstić information content (AvgIpc) is 3.29. The van der Waals surface area contributed by atoms with E-state index in [2.05, 4.69) is 13.5 Å². The number of nitrogens with one attached hydrogen (secondary N) is 1. The Hall–Kier alpha value is -2.89. The molecule has 0 radical (unpaired) electrons. The van der Waals surface area contributed by atoms with Crippen molar-refractivity contribution >= 4 is 44.8 Å². The number of hydrogen-bond donors (Lipinski definition) is 1. The molecular formula is C17H14N4O5S2. The zero-order chi connectivity index (χ0) is 19.7. The van der Waals surface area contributed by atoms with Gasteiger partial charge in [0.2, 0.25) is 10.0 Å². The van der Waals surface area contributed by atoms with Crippen molar-refractivity contribution in [1.82, 2.24) is 18.4 Å². The molecule has 3 aromatic rings. The van der Waals surface area contributed by atoms with Crippen molar-refractivity contribution in [3.8, 4) is 0 Å². The van der Waals surface area contributed by atoms with Crippen LogP contribution in [0.2, 0.25) is 0 Å². The Morgan fingerprint density at radius 1 is 1.11 bits per heavy atom. The van der Waals surface area contributed by atoms with Gasteiger partial charge in [0, 0.05) is 0 Å². The lowest BCUT2D eigenvalue weighted by Gasteiger charge is -2.22. The third-order valence-electron chi connectivity index (χ3n) is 4.24. The minimum Gasteiger partial charge on any atom is -0.439 e. The maximum absolute atomic E-state index is 13.1. The summed E-state index contributed by atoms with van der Waals surface area (Å²) in [6.07, 6.45) is -0.795. The van der Waals surface area contributed by atoms with Crippen molar-refractivity contribution in [2.24, 2.45) is 0 Å². The summed E-state index contributed by atoms with van der Waals surface area (Å²) >= 11 is 0.919. The molecule has 0 unspecified atom stereocenters. The quantitative estimate of drug-likeness (QED) is 0.647. The predicted molar refractivity (Wildman–Crippen MR) is 100.0 cm³/mol. The van der Waals surface area contributed by atoms with E-state index < -0.39 is 28.1 Å². The number of carbonyl (C=O) groups is 2. The molecule has 2 amide bonds. The Morgan fingerprint density at radius 3 is 2.61 bits per heavy atom. The van der Waals surface area contributed by atoms with Gasteiger partial charge in [0.05, 0.1) is 24.3 Å². The standard InChI is InChI=1S/C17H14N4O5S2/c22-15-10-26-17(23)21(15)9-13(11-5-2-1-3-6-11)20-28(24,25)14-8-4-7-12-16(14)19-27-18-12/h1-8,13,20H,9-10H2/t13-/m1/s1. The van der Waals surface area contributed by atoms with Crippen LogP contribution in [0.25, 0.3) is 11.0 Å². The molecule has 1 N–H and O–H groups in total. The Labute approximate surface area is 164 Å². The van der Waals surface area contributed by atoms with Gasteiger partial charge in [0.25, 0.3) is 5.91 Å². The van der Waals surface area contributed by atoms with E-state index in [0.29, 0.717) is 11.1 Å². The minimum absolute atomic E-state index is 0.0185. The number of cyclic esters (lactones) is 1. The highest BCUT2D eigenvalue weighted by Gasteiger charge is 2.35. The second kappa shape index (κ2) is 7.26. The van der Waals surface area contributed by atoms with Crippen LogP contribution in [-0.2, 0) is 19.6 Å². The lowest BCUT2D eigenvalue weighted by molar-refractivity contribution is -0.126. The van der Waals surface area contributed by atoms with Crippen molar-refractivity contribution in [2.75, 3.05) is 13.2 Å². The van der Waals surface area contributed by atoms with E-state index in [1.165, 1.54) is 6.07 Å². The number of hydrogen-bond acceptors (Lipinski definition) is 8. The predicted octanol–water partition coefficient (Wildman–Crippen LogP) is 1.69. The van der Waals surface area contributed by atoms with Crippen LogP contribution in [0, 0.1) is 0 Å². The summed E-state index contributed by atoms with van der Waals surface area (Å²) < 4.78 is 41.6. The molecule has 1 saturated heterocycles. The van der Waals surface area contributed by atoms with Crippen LogP contribution < -0.4 is 4.72 Å². The normalized spacial score (nSPS) is 15.8. The number of carbonyl (C=O) groups excluding carboxylic acids is 2. The fourth-order valence-electron chi connectivity index (χ4n) is 2.89. The highest BCUT2D eigenvalue weighted by Crippen LogP contribution is 2.24. The molecule has 2 heterocycles. The lowest BCUT2D eigenvalue weighted by atomic mass is 10.1. The molecular weight excluding hydrogens is 404 g/mol. The first-order chi connectivity index (χ1) is 13.5. The van der Waals surface area contributed by atoms with Gasteiger partial charge in [-0.3, -0.25) is 4.79 Å². The molecule has 2 aromatic carbocycles. The lowest BCUT2D eigenvalue weighted by Crippen LogP contribution is -2.40. The average molecular weight is 418 g/mol. The summed E-state index contributed by atoms with van der Waals surface area (Å²) in [5, 5.41) is 0. The molecule has 1 aliphatic heterocycles. The first kappa shape index (κ1) is 18.5. The third kappa shape index (κ3) is 3.46. The van der Waals surface area contributed by atoms with E-state index in [9.17, 15) is 18.0 Å². The van der Waals surface area contributed by atoms with E-state index in [1.807, 2.05) is 0 Å². The van der Waals surface area contributed by atoms with Gasteiger partial charge >= 0.3 is 6.09 Å². The van der Waals surface area contributed by atoms with Gasteiger partial charge in [-0.2, -0.15) is 8.75 Å². The molecule has 0 saturated carbocycles. The Kier molecular flexibility index (Phi) is 4.79. The summed E-state index contributed by atoms with van der Waals surface area (Å²) in [6.45, 7) is -0.539. The number of amides is 2. The van der Waals surface area contributed by atoms with E-state index in [0.717, 1.165) is 16.6 Å². The zero-order valence-electron chi connectivity index (χ0n) is 14.3. The Balaban J connectivity index is 1.70. The van der Waals surface area contributed by atoms with Crippen molar-refractivity contribution in [1.29, 1.82) is 0 Å². The van der Waals surface area contributed by atoms with Gasteiger partial charge in [-0.1, -0.05) is 36.4 Å². The maximum atomic E-state index is 13.1. The molecule has 1 atom stereocenters. The number of nitrogens with zero attached hydrogens (tertiary/aromatic N) is 3. The number of rotatable bonds is 6. The molecule has 1 aromatic heterocycles. The molecule has 144 valence electrons. The first-order valence-electron chi connectivity index (χ1n) is 8.21. The molecule has 0 aliphatic carbocycles. The van der Waals surface area contributed by atoms with Crippen molar-refractivity contribution < 1.29 is 22.7 Å². The second-order valence-electron chi connectivity index (χ2n) is 6.03.